The van der Waals surface area contributed by atoms with E-state index >= 15 is 0 Å². The topological polar surface area (TPSA) is 26.9 Å². The second-order valence-electron chi connectivity index (χ2n) is 4.85. The zero-order chi connectivity index (χ0) is 12.4. The maximum atomic E-state index is 12.3. The van der Waals surface area contributed by atoms with Gasteiger partial charge in [-0.15, -0.1) is 0 Å². The summed E-state index contributed by atoms with van der Waals surface area (Å²) in [4.78, 5) is 12.3. The number of para-hydroxylation sites is 2. The molecule has 0 spiro atoms. The largest absolute Gasteiger partial charge is 0.329 e. The van der Waals surface area contributed by atoms with Gasteiger partial charge < -0.3 is 0 Å². The van der Waals surface area contributed by atoms with Crippen LogP contribution in [0, 0.1) is 5.92 Å². The van der Waals surface area contributed by atoms with Gasteiger partial charge in [0.1, 0.15) is 0 Å². The quantitative estimate of drug-likeness (QED) is 0.796. The third-order valence-corrected chi connectivity index (χ3v) is 3.17. The van der Waals surface area contributed by atoms with Crippen molar-refractivity contribution < 1.29 is 0 Å². The van der Waals surface area contributed by atoms with Crippen LogP contribution in [-0.2, 0) is 13.1 Å². The van der Waals surface area contributed by atoms with Crippen LogP contribution < -0.4 is 5.69 Å². The van der Waals surface area contributed by atoms with E-state index in [0.717, 1.165) is 30.5 Å². The van der Waals surface area contributed by atoms with Crippen LogP contribution >= 0.6 is 0 Å². The molecular weight excluding hydrogens is 212 g/mol. The molecule has 0 saturated heterocycles. The molecule has 0 radical (unpaired) electrons. The molecular formula is C14H20N2O. The van der Waals surface area contributed by atoms with Gasteiger partial charge >= 0.3 is 5.69 Å². The minimum atomic E-state index is 0.120. The molecule has 1 aromatic heterocycles. The first kappa shape index (κ1) is 12.0. The zero-order valence-electron chi connectivity index (χ0n) is 10.8. The van der Waals surface area contributed by atoms with Crippen LogP contribution in [0.25, 0.3) is 11.0 Å². The highest BCUT2D eigenvalue weighted by atomic mass is 16.1. The summed E-state index contributed by atoms with van der Waals surface area (Å²) in [5.41, 5.74) is 2.22. The van der Waals surface area contributed by atoms with Gasteiger partial charge in [0.15, 0.2) is 0 Å². The smallest absolute Gasteiger partial charge is 0.292 e. The van der Waals surface area contributed by atoms with E-state index in [4.69, 9.17) is 0 Å². The van der Waals surface area contributed by atoms with Crippen LogP contribution in [0.1, 0.15) is 27.2 Å². The lowest BCUT2D eigenvalue weighted by molar-refractivity contribution is 0.508. The van der Waals surface area contributed by atoms with Crippen LogP contribution in [0.5, 0.6) is 0 Å². The van der Waals surface area contributed by atoms with Gasteiger partial charge in [-0.25, -0.2) is 4.79 Å². The van der Waals surface area contributed by atoms with E-state index in [1.165, 1.54) is 0 Å². The van der Waals surface area contributed by atoms with Gasteiger partial charge in [0.25, 0.3) is 0 Å². The van der Waals surface area contributed by atoms with Crippen LogP contribution in [-0.4, -0.2) is 9.13 Å². The van der Waals surface area contributed by atoms with Crippen molar-refractivity contribution in [3.05, 3.63) is 34.7 Å². The minimum Gasteiger partial charge on any atom is -0.292 e. The molecule has 1 aromatic carbocycles. The Hall–Kier alpha value is -1.51. The summed E-state index contributed by atoms with van der Waals surface area (Å²) in [5.74, 6) is 0.616. The van der Waals surface area contributed by atoms with E-state index in [2.05, 4.69) is 13.8 Å². The van der Waals surface area contributed by atoms with E-state index in [9.17, 15) is 4.79 Å². The minimum absolute atomic E-state index is 0.120. The summed E-state index contributed by atoms with van der Waals surface area (Å²) < 4.78 is 3.74. The Morgan fingerprint density at radius 2 is 1.71 bits per heavy atom. The second kappa shape index (κ2) is 4.78. The number of aromatic nitrogens is 2. The molecule has 0 fully saturated rings. The van der Waals surface area contributed by atoms with E-state index in [1.807, 2.05) is 40.3 Å². The Morgan fingerprint density at radius 3 is 2.24 bits per heavy atom. The lowest BCUT2D eigenvalue weighted by atomic mass is 10.1. The fraction of sp³-hybridized carbons (Fsp3) is 0.500. The van der Waals surface area contributed by atoms with Gasteiger partial charge in [0, 0.05) is 13.1 Å². The fourth-order valence-corrected chi connectivity index (χ4v) is 2.18. The molecule has 0 atom stereocenters. The van der Waals surface area contributed by atoms with E-state index in [-0.39, 0.29) is 5.69 Å². The average molecular weight is 232 g/mol. The van der Waals surface area contributed by atoms with Crippen molar-refractivity contribution in [1.82, 2.24) is 9.13 Å². The molecule has 0 saturated carbocycles. The molecule has 0 aliphatic rings. The average Bonchev–Trinajstić information content (AvgIpc) is 2.58. The molecule has 92 valence electrons. The Kier molecular flexibility index (Phi) is 3.36. The Balaban J connectivity index is 2.54. The lowest BCUT2D eigenvalue weighted by Gasteiger charge is -2.05. The lowest BCUT2D eigenvalue weighted by Crippen LogP contribution is -2.24. The SMILES string of the molecule is CCn1c(=O)n(CCC(C)C)c2ccccc21. The number of aryl methyl sites for hydroxylation is 2. The predicted octanol–water partition coefficient (Wildman–Crippen LogP) is 2.87. The molecule has 0 bridgehead atoms. The van der Waals surface area contributed by atoms with Crippen molar-refractivity contribution in [1.29, 1.82) is 0 Å². The number of hydrogen-bond donors (Lipinski definition) is 0. The molecule has 2 aromatic rings. The van der Waals surface area contributed by atoms with Crippen LogP contribution in [0.2, 0.25) is 0 Å². The van der Waals surface area contributed by atoms with Crippen molar-refractivity contribution in [2.75, 3.05) is 0 Å². The van der Waals surface area contributed by atoms with Crippen LogP contribution in [0.4, 0.5) is 0 Å². The van der Waals surface area contributed by atoms with E-state index in [0.29, 0.717) is 5.92 Å². The Bertz CT molecular complexity index is 563. The first-order valence-electron chi connectivity index (χ1n) is 6.33. The molecule has 0 aliphatic heterocycles. The molecule has 2 rings (SSSR count). The standard InChI is InChI=1S/C14H20N2O/c1-4-15-12-7-5-6-8-13(12)16(14(15)17)10-9-11(2)3/h5-8,11H,4,9-10H2,1-3H3. The molecule has 3 nitrogen and oxygen atoms in total. The van der Waals surface area contributed by atoms with Crippen LogP contribution in [0.15, 0.2) is 29.1 Å². The first-order valence-corrected chi connectivity index (χ1v) is 6.33. The monoisotopic (exact) mass is 232 g/mol. The molecule has 1 heterocycles. The zero-order valence-corrected chi connectivity index (χ0v) is 10.8. The molecule has 0 aliphatic carbocycles. The van der Waals surface area contributed by atoms with Gasteiger partial charge in [-0.05, 0) is 31.4 Å². The Labute approximate surface area is 102 Å². The van der Waals surface area contributed by atoms with Crippen molar-refractivity contribution in [3.63, 3.8) is 0 Å². The fourth-order valence-electron chi connectivity index (χ4n) is 2.18. The van der Waals surface area contributed by atoms with Crippen molar-refractivity contribution in [2.45, 2.75) is 40.3 Å². The number of hydrogen-bond acceptors (Lipinski definition) is 1. The highest BCUT2D eigenvalue weighted by molar-refractivity contribution is 5.75. The highest BCUT2D eigenvalue weighted by Gasteiger charge is 2.11. The second-order valence-corrected chi connectivity index (χ2v) is 4.85. The summed E-state index contributed by atoms with van der Waals surface area (Å²) in [6.45, 7) is 7.92. The third-order valence-electron chi connectivity index (χ3n) is 3.17. The predicted molar refractivity (Wildman–Crippen MR) is 71.3 cm³/mol. The maximum absolute atomic E-state index is 12.3. The van der Waals surface area contributed by atoms with Gasteiger partial charge in [-0.3, -0.25) is 9.13 Å². The van der Waals surface area contributed by atoms with E-state index in [1.54, 1.807) is 0 Å². The summed E-state index contributed by atoms with van der Waals surface area (Å²) in [5, 5.41) is 0. The van der Waals surface area contributed by atoms with Gasteiger partial charge in [-0.1, -0.05) is 26.0 Å². The number of benzene rings is 1. The summed E-state index contributed by atoms with van der Waals surface area (Å²) in [7, 11) is 0. The number of nitrogens with zero attached hydrogens (tertiary/aromatic N) is 2. The summed E-state index contributed by atoms with van der Waals surface area (Å²) >= 11 is 0. The third kappa shape index (κ3) is 2.14. The van der Waals surface area contributed by atoms with Crippen molar-refractivity contribution >= 4 is 11.0 Å². The molecule has 17 heavy (non-hydrogen) atoms. The summed E-state index contributed by atoms with van der Waals surface area (Å²) in [6.07, 6.45) is 1.04. The number of fused-ring (bicyclic) bond motifs is 1. The van der Waals surface area contributed by atoms with Gasteiger partial charge in [0.05, 0.1) is 11.0 Å². The van der Waals surface area contributed by atoms with Crippen molar-refractivity contribution in [2.24, 2.45) is 5.92 Å². The molecule has 0 unspecified atom stereocenters. The molecule has 0 N–H and O–H groups in total. The van der Waals surface area contributed by atoms with Crippen molar-refractivity contribution in [3.8, 4) is 0 Å². The normalized spacial score (nSPS) is 11.5. The van der Waals surface area contributed by atoms with E-state index < -0.39 is 0 Å². The van der Waals surface area contributed by atoms with Crippen LogP contribution in [0.3, 0.4) is 0 Å². The summed E-state index contributed by atoms with van der Waals surface area (Å²) in [6, 6.07) is 8.03. The maximum Gasteiger partial charge on any atom is 0.329 e. The number of rotatable bonds is 4. The van der Waals surface area contributed by atoms with Gasteiger partial charge in [-0.2, -0.15) is 0 Å². The highest BCUT2D eigenvalue weighted by Crippen LogP contribution is 2.14. The first-order chi connectivity index (χ1) is 8.15. The molecule has 0 amide bonds. The Morgan fingerprint density at radius 1 is 1.12 bits per heavy atom. The number of imidazole rings is 1. The molecule has 3 heteroatoms. The van der Waals surface area contributed by atoms with Gasteiger partial charge in [0.2, 0.25) is 0 Å².